The quantitative estimate of drug-likeness (QED) is 0.592. The second-order valence-corrected chi connectivity index (χ2v) is 8.26. The minimum atomic E-state index is -1.29. The Balaban J connectivity index is 1.57. The summed E-state index contributed by atoms with van der Waals surface area (Å²) in [7, 11) is 0. The lowest BCUT2D eigenvalue weighted by Gasteiger charge is -2.37. The molecule has 2 heterocycles. The molecule has 1 saturated heterocycles. The van der Waals surface area contributed by atoms with Gasteiger partial charge in [-0.2, -0.15) is 0 Å². The average Bonchev–Trinajstić information content (AvgIpc) is 3.60. The summed E-state index contributed by atoms with van der Waals surface area (Å²) in [5.74, 6) is -1.79. The van der Waals surface area contributed by atoms with Gasteiger partial charge in [-0.3, -0.25) is 9.69 Å². The van der Waals surface area contributed by atoms with Crippen LogP contribution < -0.4 is 10.3 Å². The molecule has 0 radical (unpaired) electrons. The molecule has 1 aliphatic carbocycles. The lowest BCUT2D eigenvalue weighted by Crippen LogP contribution is -2.49. The monoisotopic (exact) mass is 447 g/mol. The topological polar surface area (TPSA) is 84.2 Å². The highest BCUT2D eigenvalue weighted by molar-refractivity contribution is 5.93. The van der Waals surface area contributed by atoms with Crippen LogP contribution in [0.2, 0.25) is 0 Å². The van der Waals surface area contributed by atoms with Crippen molar-refractivity contribution in [3.05, 3.63) is 39.9 Å². The summed E-state index contributed by atoms with van der Waals surface area (Å²) in [6, 6.07) is 3.06. The van der Waals surface area contributed by atoms with E-state index in [1.165, 1.54) is 12.3 Å². The van der Waals surface area contributed by atoms with E-state index in [9.17, 15) is 14.7 Å². The van der Waals surface area contributed by atoms with Crippen molar-refractivity contribution >= 4 is 22.6 Å². The Labute approximate surface area is 186 Å². The van der Waals surface area contributed by atoms with Gasteiger partial charge < -0.3 is 24.0 Å². The van der Waals surface area contributed by atoms with Gasteiger partial charge in [0.1, 0.15) is 11.4 Å². The number of hydrogen-bond acceptors (Lipinski definition) is 6. The number of anilines is 1. The van der Waals surface area contributed by atoms with Crippen LogP contribution in [0.5, 0.6) is 0 Å². The van der Waals surface area contributed by atoms with Crippen LogP contribution in [0.4, 0.5) is 10.1 Å². The third-order valence-electron chi connectivity index (χ3n) is 6.10. The zero-order valence-electron chi connectivity index (χ0n) is 18.6. The number of ether oxygens (including phenoxy) is 2. The normalized spacial score (nSPS) is 17.4. The minimum absolute atomic E-state index is 0.118. The zero-order chi connectivity index (χ0) is 22.8. The summed E-state index contributed by atoms with van der Waals surface area (Å²) >= 11 is 0. The molecule has 2 fully saturated rings. The number of benzene rings is 1. The van der Waals surface area contributed by atoms with Crippen LogP contribution in [0.25, 0.3) is 10.9 Å². The van der Waals surface area contributed by atoms with Crippen LogP contribution in [0, 0.1) is 5.82 Å². The summed E-state index contributed by atoms with van der Waals surface area (Å²) in [6.07, 6.45) is 2.98. The molecule has 1 aromatic heterocycles. The van der Waals surface area contributed by atoms with Gasteiger partial charge in [-0.05, 0) is 38.8 Å². The molecule has 174 valence electrons. The lowest BCUT2D eigenvalue weighted by molar-refractivity contribution is -0.147. The van der Waals surface area contributed by atoms with Gasteiger partial charge in [0, 0.05) is 63.6 Å². The molecular formula is C23H30FN3O5. The highest BCUT2D eigenvalue weighted by Gasteiger charge is 2.29. The van der Waals surface area contributed by atoms with E-state index in [4.69, 9.17) is 9.47 Å². The van der Waals surface area contributed by atoms with Gasteiger partial charge in [0.25, 0.3) is 0 Å². The van der Waals surface area contributed by atoms with Crippen molar-refractivity contribution in [3.63, 3.8) is 0 Å². The first kappa shape index (κ1) is 22.7. The lowest BCUT2D eigenvalue weighted by atomic mass is 10.1. The SMILES string of the molecule is CCOC(CN1CCN(c2cc3c(cc2F)c(=O)c(C(=O)O)cn3C2CC2)CC1)OCC. The molecule has 0 unspecified atom stereocenters. The number of fused-ring (bicyclic) bond motifs is 1. The molecule has 1 saturated carbocycles. The Morgan fingerprint density at radius 3 is 2.38 bits per heavy atom. The number of pyridine rings is 1. The molecule has 8 nitrogen and oxygen atoms in total. The maximum atomic E-state index is 15.1. The van der Waals surface area contributed by atoms with Crippen molar-refractivity contribution in [1.82, 2.24) is 9.47 Å². The number of halogens is 1. The molecule has 4 rings (SSSR count). The van der Waals surface area contributed by atoms with Crippen LogP contribution in [0.1, 0.15) is 43.1 Å². The molecule has 32 heavy (non-hydrogen) atoms. The Morgan fingerprint density at radius 2 is 1.81 bits per heavy atom. The average molecular weight is 448 g/mol. The molecule has 2 aromatic rings. The van der Waals surface area contributed by atoms with Crippen molar-refractivity contribution in [2.24, 2.45) is 0 Å². The van der Waals surface area contributed by atoms with Crippen molar-refractivity contribution in [2.75, 3.05) is 50.8 Å². The number of carboxylic acids is 1. The second-order valence-electron chi connectivity index (χ2n) is 8.26. The van der Waals surface area contributed by atoms with Crippen LogP contribution >= 0.6 is 0 Å². The van der Waals surface area contributed by atoms with E-state index in [0.29, 0.717) is 44.1 Å². The fourth-order valence-corrected chi connectivity index (χ4v) is 4.32. The molecule has 0 atom stereocenters. The minimum Gasteiger partial charge on any atom is -0.477 e. The van der Waals surface area contributed by atoms with E-state index < -0.39 is 17.2 Å². The largest absolute Gasteiger partial charge is 0.477 e. The Bertz CT molecular complexity index is 1040. The highest BCUT2D eigenvalue weighted by atomic mass is 19.1. The van der Waals surface area contributed by atoms with Crippen molar-refractivity contribution < 1.29 is 23.8 Å². The third-order valence-corrected chi connectivity index (χ3v) is 6.10. The van der Waals surface area contributed by atoms with Gasteiger partial charge in [0.05, 0.1) is 11.2 Å². The first-order chi connectivity index (χ1) is 15.4. The van der Waals surface area contributed by atoms with Gasteiger partial charge in [-0.1, -0.05) is 0 Å². The van der Waals surface area contributed by atoms with Crippen molar-refractivity contribution in [2.45, 2.75) is 39.0 Å². The second kappa shape index (κ2) is 9.56. The summed E-state index contributed by atoms with van der Waals surface area (Å²) in [5, 5.41) is 9.51. The Kier molecular flexibility index (Phi) is 6.78. The van der Waals surface area contributed by atoms with E-state index in [0.717, 1.165) is 25.9 Å². The van der Waals surface area contributed by atoms with Crippen LogP contribution in [-0.2, 0) is 9.47 Å². The smallest absolute Gasteiger partial charge is 0.341 e. The summed E-state index contributed by atoms with van der Waals surface area (Å²) in [5.41, 5.74) is 0.0788. The summed E-state index contributed by atoms with van der Waals surface area (Å²) in [6.45, 7) is 8.44. The fraction of sp³-hybridized carbons (Fsp3) is 0.565. The first-order valence-corrected chi connectivity index (χ1v) is 11.2. The standard InChI is InChI=1S/C23H30FN3O5/c1-3-31-21(32-4-2)14-25-7-9-26(10-8-25)20-12-19-16(11-18(20)24)22(28)17(23(29)30)13-27(19)15-5-6-15/h11-13,15,21H,3-10,14H2,1-2H3,(H,29,30). The predicted octanol–water partition coefficient (Wildman–Crippen LogP) is 2.69. The number of aromatic carboxylic acids is 1. The fourth-order valence-electron chi connectivity index (χ4n) is 4.32. The maximum absolute atomic E-state index is 15.1. The zero-order valence-corrected chi connectivity index (χ0v) is 18.6. The first-order valence-electron chi connectivity index (χ1n) is 11.2. The Morgan fingerprint density at radius 1 is 1.16 bits per heavy atom. The van der Waals surface area contributed by atoms with Gasteiger partial charge in [0.15, 0.2) is 6.29 Å². The molecule has 0 bridgehead atoms. The van der Waals surface area contributed by atoms with Crippen LogP contribution in [0.15, 0.2) is 23.1 Å². The van der Waals surface area contributed by atoms with E-state index in [-0.39, 0.29) is 23.3 Å². The molecule has 2 aliphatic rings. The summed E-state index contributed by atoms with van der Waals surface area (Å²) in [4.78, 5) is 28.4. The van der Waals surface area contributed by atoms with Crippen molar-refractivity contribution in [3.8, 4) is 0 Å². The molecule has 1 aromatic carbocycles. The van der Waals surface area contributed by atoms with E-state index in [1.54, 1.807) is 6.07 Å². The van der Waals surface area contributed by atoms with Gasteiger partial charge in [0.2, 0.25) is 5.43 Å². The number of carboxylic acid groups (broad SMARTS) is 1. The molecule has 0 spiro atoms. The summed E-state index contributed by atoms with van der Waals surface area (Å²) < 4.78 is 28.2. The molecule has 0 amide bonds. The highest BCUT2D eigenvalue weighted by Crippen LogP contribution is 2.38. The van der Waals surface area contributed by atoms with Gasteiger partial charge in [-0.25, -0.2) is 9.18 Å². The molecule has 9 heteroatoms. The number of aromatic nitrogens is 1. The van der Waals surface area contributed by atoms with Crippen LogP contribution in [0.3, 0.4) is 0 Å². The maximum Gasteiger partial charge on any atom is 0.341 e. The van der Waals surface area contributed by atoms with E-state index >= 15 is 4.39 Å². The van der Waals surface area contributed by atoms with Crippen molar-refractivity contribution in [1.29, 1.82) is 0 Å². The Hall–Kier alpha value is -2.49. The molecular weight excluding hydrogens is 417 g/mol. The van der Waals surface area contributed by atoms with Crippen LogP contribution in [-0.4, -0.2) is 72.8 Å². The number of carbonyl (C=O) groups is 1. The van der Waals surface area contributed by atoms with E-state index in [2.05, 4.69) is 4.90 Å². The number of piperazine rings is 1. The predicted molar refractivity (Wildman–Crippen MR) is 119 cm³/mol. The number of hydrogen-bond donors (Lipinski definition) is 1. The van der Waals surface area contributed by atoms with Gasteiger partial charge in [-0.15, -0.1) is 0 Å². The number of nitrogens with zero attached hydrogens (tertiary/aromatic N) is 3. The van der Waals surface area contributed by atoms with E-state index in [1.807, 2.05) is 23.3 Å². The van der Waals surface area contributed by atoms with Gasteiger partial charge >= 0.3 is 5.97 Å². The molecule has 1 N–H and O–H groups in total. The third kappa shape index (κ3) is 4.65. The number of rotatable bonds is 9. The molecule has 1 aliphatic heterocycles.